The van der Waals surface area contributed by atoms with Crippen molar-refractivity contribution in [2.24, 2.45) is 5.84 Å². The van der Waals surface area contributed by atoms with E-state index in [9.17, 15) is 0 Å². The van der Waals surface area contributed by atoms with Gasteiger partial charge in [-0.25, -0.2) is 4.98 Å². The molecule has 0 aliphatic rings. The van der Waals surface area contributed by atoms with Gasteiger partial charge in [-0.2, -0.15) is 0 Å². The lowest BCUT2D eigenvalue weighted by Gasteiger charge is -2.03. The molecular weight excluding hydrogens is 260 g/mol. The van der Waals surface area contributed by atoms with Crippen molar-refractivity contribution in [3.05, 3.63) is 73.1 Å². The Balaban J connectivity index is 0.000000131. The van der Waals surface area contributed by atoms with Gasteiger partial charge < -0.3 is 10.4 Å². The molecule has 104 valence electrons. The number of aromatic amines is 1. The first-order chi connectivity index (χ1) is 10.4. The van der Waals surface area contributed by atoms with E-state index in [2.05, 4.69) is 27.5 Å². The molecule has 0 saturated carbocycles. The van der Waals surface area contributed by atoms with Crippen LogP contribution in [0.5, 0.6) is 0 Å². The highest BCUT2D eigenvalue weighted by Gasteiger charge is 1.95. The smallest absolute Gasteiger partial charge is 0.0931 e. The van der Waals surface area contributed by atoms with Crippen LogP contribution in [0.3, 0.4) is 0 Å². The molecule has 0 saturated heterocycles. The number of H-pyrrole nitrogens is 1. The molecule has 0 aliphatic carbocycles. The van der Waals surface area contributed by atoms with Gasteiger partial charge in [-0.05, 0) is 23.6 Å². The van der Waals surface area contributed by atoms with Crippen LogP contribution in [0.15, 0.2) is 73.1 Å². The van der Waals surface area contributed by atoms with Crippen molar-refractivity contribution in [1.29, 1.82) is 0 Å². The molecule has 4 rings (SSSR count). The molecule has 0 fully saturated rings. The molecule has 4 N–H and O–H groups in total. The summed E-state index contributed by atoms with van der Waals surface area (Å²) in [7, 11) is 0. The first kappa shape index (κ1) is 13.1. The number of hydrazine groups is 1. The maximum Gasteiger partial charge on any atom is 0.0931 e. The van der Waals surface area contributed by atoms with Gasteiger partial charge in [-0.15, -0.1) is 0 Å². The first-order valence-corrected chi connectivity index (χ1v) is 6.71. The maximum atomic E-state index is 5.37. The number of imidazole rings is 1. The minimum Gasteiger partial charge on any atom is -0.345 e. The standard InChI is InChI=1S/C10H10N2.C7H6N2/c11-12-10-7-3-5-8-4-1-2-6-9(8)10;1-2-4-7-6(3-1)8-5-9-7/h1-7,12H,11H2;1-5H,(H,8,9). The van der Waals surface area contributed by atoms with Crippen LogP contribution in [-0.4, -0.2) is 9.97 Å². The van der Waals surface area contributed by atoms with Gasteiger partial charge in [0.2, 0.25) is 0 Å². The number of rotatable bonds is 1. The Labute approximate surface area is 122 Å². The predicted molar refractivity (Wildman–Crippen MR) is 87.9 cm³/mol. The molecule has 0 bridgehead atoms. The molecule has 0 aliphatic heterocycles. The first-order valence-electron chi connectivity index (χ1n) is 6.71. The summed E-state index contributed by atoms with van der Waals surface area (Å²) in [4.78, 5) is 7.07. The number of fused-ring (bicyclic) bond motifs is 2. The SMILES string of the molecule is NNc1cccc2ccccc12.c1ccc2[nH]cnc2c1. The van der Waals surface area contributed by atoms with E-state index in [4.69, 9.17) is 5.84 Å². The van der Waals surface area contributed by atoms with Crippen LogP contribution in [-0.2, 0) is 0 Å². The number of aromatic nitrogens is 2. The summed E-state index contributed by atoms with van der Waals surface area (Å²) in [5.41, 5.74) is 5.76. The zero-order valence-electron chi connectivity index (χ0n) is 11.5. The van der Waals surface area contributed by atoms with E-state index in [1.54, 1.807) is 6.33 Å². The second kappa shape index (κ2) is 6.07. The van der Waals surface area contributed by atoms with E-state index in [0.717, 1.165) is 22.1 Å². The Hall–Kier alpha value is -2.85. The van der Waals surface area contributed by atoms with Crippen LogP contribution >= 0.6 is 0 Å². The largest absolute Gasteiger partial charge is 0.345 e. The van der Waals surface area contributed by atoms with Crippen LogP contribution < -0.4 is 11.3 Å². The molecule has 0 spiro atoms. The van der Waals surface area contributed by atoms with Gasteiger partial charge in [0.05, 0.1) is 23.0 Å². The summed E-state index contributed by atoms with van der Waals surface area (Å²) >= 11 is 0. The van der Waals surface area contributed by atoms with Crippen molar-refractivity contribution in [3.63, 3.8) is 0 Å². The third-order valence-electron chi connectivity index (χ3n) is 3.27. The topological polar surface area (TPSA) is 66.7 Å². The third-order valence-corrected chi connectivity index (χ3v) is 3.27. The summed E-state index contributed by atoms with van der Waals surface area (Å²) < 4.78 is 0. The number of para-hydroxylation sites is 2. The molecule has 3 aromatic carbocycles. The van der Waals surface area contributed by atoms with Gasteiger partial charge >= 0.3 is 0 Å². The van der Waals surface area contributed by atoms with Crippen molar-refractivity contribution < 1.29 is 0 Å². The molecule has 4 nitrogen and oxygen atoms in total. The Kier molecular flexibility index (Phi) is 3.80. The number of hydrogen-bond donors (Lipinski definition) is 3. The second-order valence-corrected chi connectivity index (χ2v) is 4.59. The van der Waals surface area contributed by atoms with Crippen molar-refractivity contribution >= 4 is 27.5 Å². The van der Waals surface area contributed by atoms with E-state index in [0.29, 0.717) is 0 Å². The average Bonchev–Trinajstić information content (AvgIpc) is 3.03. The Bertz CT molecular complexity index is 816. The quantitative estimate of drug-likeness (QED) is 0.367. The average molecular weight is 276 g/mol. The van der Waals surface area contributed by atoms with Gasteiger partial charge in [0.25, 0.3) is 0 Å². The Morgan fingerprint density at radius 2 is 1.62 bits per heavy atom. The summed E-state index contributed by atoms with van der Waals surface area (Å²) in [6, 6.07) is 22.1. The molecular formula is C17H16N4. The zero-order chi connectivity index (χ0) is 14.5. The highest BCUT2D eigenvalue weighted by Crippen LogP contribution is 2.21. The second-order valence-electron chi connectivity index (χ2n) is 4.59. The Morgan fingerprint density at radius 1 is 0.857 bits per heavy atom. The van der Waals surface area contributed by atoms with E-state index < -0.39 is 0 Å². The molecule has 0 amide bonds. The number of anilines is 1. The van der Waals surface area contributed by atoms with Crippen molar-refractivity contribution in [3.8, 4) is 0 Å². The number of nitrogens with two attached hydrogens (primary N) is 1. The predicted octanol–water partition coefficient (Wildman–Crippen LogP) is 3.69. The lowest BCUT2D eigenvalue weighted by atomic mass is 10.1. The van der Waals surface area contributed by atoms with Crippen molar-refractivity contribution in [1.82, 2.24) is 9.97 Å². The van der Waals surface area contributed by atoms with Gasteiger partial charge in [-0.3, -0.25) is 5.84 Å². The van der Waals surface area contributed by atoms with Gasteiger partial charge in [0, 0.05) is 5.39 Å². The molecule has 4 heteroatoms. The fourth-order valence-corrected chi connectivity index (χ4v) is 2.23. The molecule has 0 atom stereocenters. The van der Waals surface area contributed by atoms with E-state index in [1.165, 1.54) is 5.39 Å². The number of benzene rings is 3. The minimum atomic E-state index is 0.966. The van der Waals surface area contributed by atoms with E-state index in [1.807, 2.05) is 54.6 Å². The lowest BCUT2D eigenvalue weighted by Crippen LogP contribution is -2.06. The minimum absolute atomic E-state index is 0.966. The van der Waals surface area contributed by atoms with E-state index in [-0.39, 0.29) is 0 Å². The Morgan fingerprint density at radius 3 is 2.48 bits per heavy atom. The molecule has 0 unspecified atom stereocenters. The molecule has 1 aromatic heterocycles. The van der Waals surface area contributed by atoms with Crippen molar-refractivity contribution in [2.75, 3.05) is 5.43 Å². The summed E-state index contributed by atoms with van der Waals surface area (Å²) in [6.45, 7) is 0. The van der Waals surface area contributed by atoms with Crippen LogP contribution in [0.2, 0.25) is 0 Å². The number of hydrogen-bond acceptors (Lipinski definition) is 3. The highest BCUT2D eigenvalue weighted by atomic mass is 15.2. The van der Waals surface area contributed by atoms with Gasteiger partial charge in [0.1, 0.15) is 0 Å². The van der Waals surface area contributed by atoms with Gasteiger partial charge in [0.15, 0.2) is 0 Å². The summed E-state index contributed by atoms with van der Waals surface area (Å²) in [6.07, 6.45) is 1.70. The lowest BCUT2D eigenvalue weighted by molar-refractivity contribution is 1.34. The van der Waals surface area contributed by atoms with E-state index >= 15 is 0 Å². The highest BCUT2D eigenvalue weighted by molar-refractivity contribution is 5.93. The van der Waals surface area contributed by atoms with Crippen LogP contribution in [0.1, 0.15) is 0 Å². The van der Waals surface area contributed by atoms with Crippen LogP contribution in [0, 0.1) is 0 Å². The number of nitrogens with one attached hydrogen (secondary N) is 2. The summed E-state index contributed by atoms with van der Waals surface area (Å²) in [5.74, 6) is 5.37. The molecule has 4 aromatic rings. The normalized spacial score (nSPS) is 10.1. The molecule has 0 radical (unpaired) electrons. The number of nitrogens with zero attached hydrogens (tertiary/aromatic N) is 1. The summed E-state index contributed by atoms with van der Waals surface area (Å²) in [5, 5.41) is 2.36. The third kappa shape index (κ3) is 2.85. The maximum absolute atomic E-state index is 5.37. The molecule has 1 heterocycles. The van der Waals surface area contributed by atoms with Gasteiger partial charge in [-0.1, -0.05) is 48.5 Å². The monoisotopic (exact) mass is 276 g/mol. The van der Waals surface area contributed by atoms with Crippen molar-refractivity contribution in [2.45, 2.75) is 0 Å². The fraction of sp³-hybridized carbons (Fsp3) is 0. The fourth-order valence-electron chi connectivity index (χ4n) is 2.23. The van der Waals surface area contributed by atoms with Crippen LogP contribution in [0.4, 0.5) is 5.69 Å². The molecule has 21 heavy (non-hydrogen) atoms. The number of nitrogen functional groups attached to an aromatic ring is 1. The van der Waals surface area contributed by atoms with Crippen LogP contribution in [0.25, 0.3) is 21.8 Å². The zero-order valence-corrected chi connectivity index (χ0v) is 11.5.